The first-order valence-electron chi connectivity index (χ1n) is 2.78. The average Bonchev–Trinajstić information content (AvgIpc) is 2.08. The normalized spacial score (nSPS) is 8.00. The molecule has 0 atom stereocenters. The van der Waals surface area contributed by atoms with E-state index in [1.54, 1.807) is 0 Å². The van der Waals surface area contributed by atoms with Crippen molar-refractivity contribution >= 4 is 0 Å². The molecule has 0 aliphatic rings. The summed E-state index contributed by atoms with van der Waals surface area (Å²) in [4.78, 5) is 0. The van der Waals surface area contributed by atoms with Crippen molar-refractivity contribution in [3.8, 4) is 0 Å². The number of rotatable bonds is 0. The van der Waals surface area contributed by atoms with Gasteiger partial charge in [-0.05, 0) is 0 Å². The fraction of sp³-hybridized carbons (Fsp3) is 0. The van der Waals surface area contributed by atoms with Crippen LogP contribution < -0.4 is 326 Å². The fourth-order valence-corrected chi connectivity index (χ4v) is 0. The van der Waals surface area contributed by atoms with Crippen molar-refractivity contribution in [1.82, 2.24) is 0 Å². The van der Waals surface area contributed by atoms with E-state index < -0.39 is 126 Å². The Balaban J connectivity index is -0.0000000201. The van der Waals surface area contributed by atoms with Crippen molar-refractivity contribution < 1.29 is 348 Å². The van der Waals surface area contributed by atoms with Gasteiger partial charge in [0.15, 0.2) is 0 Å². The maximum absolute atomic E-state index is 8.57. The van der Waals surface area contributed by atoms with Crippen molar-refractivity contribution in [1.29, 1.82) is 0 Å². The molecular weight excluding hydrogens is 1360 g/mol. The van der Waals surface area contributed by atoms with Crippen LogP contribution >= 0.6 is 0 Å². The van der Waals surface area contributed by atoms with E-state index in [0.29, 0.717) is 0 Å². The molecular formula is Cs2I6O18Ti. The molecule has 0 fully saturated rings. The van der Waals surface area contributed by atoms with Gasteiger partial charge in [0, 0.05) is 0 Å². The number of halogens is 6. The standard InChI is InChI=1S/2Cs.6IO3.Ti/c;;6*2-1(3)4;/q2*+1;6*-1;+4. The van der Waals surface area contributed by atoms with Gasteiger partial charge in [0.25, 0.3) is 126 Å². The Kier molecular flexibility index (Phi) is 123. The quantitative estimate of drug-likeness (QED) is 0.161. The molecule has 0 rings (SSSR count). The predicted octanol–water partition coefficient (Wildman–Crippen LogP) is -45.4. The molecule has 0 aromatic carbocycles. The molecule has 0 saturated carbocycles. The molecule has 18 nitrogen and oxygen atoms in total. The van der Waals surface area contributed by atoms with Crippen LogP contribution in [0.3, 0.4) is 0 Å². The first-order valence-corrected chi connectivity index (χ1v) is 18.6. The zero-order valence-electron chi connectivity index (χ0n) is 12.1. The molecule has 27 heteroatoms. The van der Waals surface area contributed by atoms with E-state index in [-0.39, 0.29) is 160 Å². The summed E-state index contributed by atoms with van der Waals surface area (Å²) in [7, 11) is 0. The van der Waals surface area contributed by atoms with Gasteiger partial charge < -0.3 is 61.8 Å². The van der Waals surface area contributed by atoms with E-state index >= 15 is 0 Å². The third-order valence-electron chi connectivity index (χ3n) is 0. The third-order valence-corrected chi connectivity index (χ3v) is 0. The van der Waals surface area contributed by atoms with Crippen LogP contribution in [0.1, 0.15) is 0 Å². The SMILES string of the molecule is [Cs+].[Cs+].[O-][I+2]([O-])[O-].[O-][I+2]([O-])[O-].[O-][I+2]([O-])[O-].[O-][I+2]([O-])[O-].[O-][I+2]([O-])[O-].[O-][I+2]([O-])[O-].[Ti+4]. The Bertz CT molecular complexity index is 111. The number of hydrogen-bond donors (Lipinski definition) is 0. The van der Waals surface area contributed by atoms with Crippen LogP contribution in [0.5, 0.6) is 0 Å². The Morgan fingerprint density at radius 1 is 0.222 bits per heavy atom. The summed E-state index contributed by atoms with van der Waals surface area (Å²) in [5, 5.41) is 0. The molecule has 0 saturated heterocycles. The van der Waals surface area contributed by atoms with Crippen LogP contribution in [-0.2, 0) is 21.7 Å². The van der Waals surface area contributed by atoms with E-state index in [4.69, 9.17) is 61.8 Å². The van der Waals surface area contributed by atoms with Crippen molar-refractivity contribution in [3.63, 3.8) is 0 Å². The summed E-state index contributed by atoms with van der Waals surface area (Å²) in [6.45, 7) is 0. The summed E-state index contributed by atoms with van der Waals surface area (Å²) >= 11 is -24.1. The van der Waals surface area contributed by atoms with Gasteiger partial charge in [-0.15, -0.1) is 0 Å². The predicted molar refractivity (Wildman–Crippen MR) is 0 cm³/mol. The maximum atomic E-state index is 8.57. The second-order valence-electron chi connectivity index (χ2n) is 1.13. The summed E-state index contributed by atoms with van der Waals surface area (Å²) in [6, 6.07) is 0. The smallest absolute Gasteiger partial charge is 0.427 e. The Hall–Kier alpha value is 8.48. The molecule has 0 radical (unpaired) electrons. The molecule has 27 heavy (non-hydrogen) atoms. The van der Waals surface area contributed by atoms with E-state index in [9.17, 15) is 0 Å². The molecule has 0 bridgehead atoms. The van der Waals surface area contributed by atoms with Crippen LogP contribution in [0.15, 0.2) is 0 Å². The van der Waals surface area contributed by atoms with Gasteiger partial charge in [0.05, 0.1) is 0 Å². The molecule has 0 heterocycles. The second kappa shape index (κ2) is 55.1. The second-order valence-corrected chi connectivity index (χ2v) is 7.61. The minimum Gasteiger partial charge on any atom is -0.427 e. The van der Waals surface area contributed by atoms with Crippen LogP contribution in [0.4, 0.5) is 0 Å². The summed E-state index contributed by atoms with van der Waals surface area (Å²) < 4.78 is 154. The molecule has 0 aromatic rings. The summed E-state index contributed by atoms with van der Waals surface area (Å²) in [5.41, 5.74) is 0. The van der Waals surface area contributed by atoms with Gasteiger partial charge in [0.2, 0.25) is 0 Å². The fourth-order valence-electron chi connectivity index (χ4n) is 0. The van der Waals surface area contributed by atoms with Crippen LogP contribution in [0.2, 0.25) is 0 Å². The van der Waals surface area contributed by atoms with Crippen LogP contribution in [0.25, 0.3) is 0 Å². The molecule has 0 N–H and O–H groups in total. The van der Waals surface area contributed by atoms with Gasteiger partial charge in [-0.3, -0.25) is 0 Å². The van der Waals surface area contributed by atoms with Gasteiger partial charge >= 0.3 is 160 Å². The van der Waals surface area contributed by atoms with Gasteiger partial charge in [0.1, 0.15) is 0 Å². The van der Waals surface area contributed by atoms with Crippen molar-refractivity contribution in [3.05, 3.63) is 0 Å². The van der Waals surface area contributed by atoms with Crippen LogP contribution in [0, 0.1) is 0 Å². The third kappa shape index (κ3) is 506. The Morgan fingerprint density at radius 3 is 0.222 bits per heavy atom. The largest absolute Gasteiger partial charge is 4.00 e. The zero-order valence-corrected chi connectivity index (χ0v) is 39.2. The Labute approximate surface area is 336 Å². The van der Waals surface area contributed by atoms with E-state index in [2.05, 4.69) is 0 Å². The van der Waals surface area contributed by atoms with Crippen LogP contribution in [-0.4, -0.2) is 0 Å². The van der Waals surface area contributed by atoms with Crippen molar-refractivity contribution in [2.24, 2.45) is 0 Å². The van der Waals surface area contributed by atoms with Crippen molar-refractivity contribution in [2.45, 2.75) is 0 Å². The molecule has 0 amide bonds. The van der Waals surface area contributed by atoms with Gasteiger partial charge in [-0.2, -0.15) is 0 Å². The molecule has 0 aromatic heterocycles. The molecule has 0 aliphatic carbocycles. The minimum atomic E-state index is -4.01. The zero-order chi connectivity index (χ0) is 21.5. The van der Waals surface area contributed by atoms with E-state index in [1.165, 1.54) is 0 Å². The summed E-state index contributed by atoms with van der Waals surface area (Å²) in [6.07, 6.45) is 0. The maximum Gasteiger partial charge on any atom is 4.00 e. The Morgan fingerprint density at radius 2 is 0.222 bits per heavy atom. The number of hydrogen-bond acceptors (Lipinski definition) is 18. The average molecular weight is 1360 g/mol. The monoisotopic (exact) mass is 1360 g/mol. The molecule has 0 unspecified atom stereocenters. The van der Waals surface area contributed by atoms with E-state index in [0.717, 1.165) is 0 Å². The minimum absolute atomic E-state index is 0. The van der Waals surface area contributed by atoms with Crippen molar-refractivity contribution in [2.75, 3.05) is 0 Å². The first-order chi connectivity index (χ1) is 10.4. The molecule has 0 spiro atoms. The van der Waals surface area contributed by atoms with Gasteiger partial charge in [-0.25, -0.2) is 0 Å². The first kappa shape index (κ1) is 60.2. The van der Waals surface area contributed by atoms with Gasteiger partial charge in [-0.1, -0.05) is 0 Å². The summed E-state index contributed by atoms with van der Waals surface area (Å²) in [5.74, 6) is 0. The topological polar surface area (TPSA) is 415 Å². The molecule has 0 aliphatic heterocycles. The molecule has 156 valence electrons. The van der Waals surface area contributed by atoms with E-state index in [1.807, 2.05) is 0 Å².